The summed E-state index contributed by atoms with van der Waals surface area (Å²) in [5, 5.41) is 2.88. The largest absolute Gasteiger partial charge is 0.352 e. The highest BCUT2D eigenvalue weighted by Gasteiger charge is 2.15. The quantitative estimate of drug-likeness (QED) is 0.579. The van der Waals surface area contributed by atoms with Crippen LogP contribution in [0, 0.1) is 6.92 Å². The monoisotopic (exact) mass is 400 g/mol. The van der Waals surface area contributed by atoms with E-state index >= 15 is 0 Å². The Morgan fingerprint density at radius 3 is 2.07 bits per heavy atom. The van der Waals surface area contributed by atoms with Gasteiger partial charge in [0, 0.05) is 31.6 Å². The maximum atomic E-state index is 12.9. The summed E-state index contributed by atoms with van der Waals surface area (Å²) in [5.74, 6) is -0.0975. The summed E-state index contributed by atoms with van der Waals surface area (Å²) in [6.07, 6.45) is 1.08. The SMILES string of the molecule is Cc1ccccc1C(=O)NCCC(=O)N(CCc1ccccc1)Cc1ccccc1. The number of amides is 2. The van der Waals surface area contributed by atoms with Crippen LogP contribution in [0.4, 0.5) is 0 Å². The molecule has 30 heavy (non-hydrogen) atoms. The molecule has 0 radical (unpaired) electrons. The minimum Gasteiger partial charge on any atom is -0.352 e. The van der Waals surface area contributed by atoms with Gasteiger partial charge < -0.3 is 10.2 Å². The summed E-state index contributed by atoms with van der Waals surface area (Å²) < 4.78 is 0. The lowest BCUT2D eigenvalue weighted by molar-refractivity contribution is -0.131. The average Bonchev–Trinajstić information content (AvgIpc) is 2.78. The van der Waals surface area contributed by atoms with Crippen LogP contribution in [0.1, 0.15) is 33.5 Å². The van der Waals surface area contributed by atoms with E-state index < -0.39 is 0 Å². The molecule has 0 bridgehead atoms. The molecule has 3 aromatic rings. The molecule has 154 valence electrons. The summed E-state index contributed by atoms with van der Waals surface area (Å²) in [7, 11) is 0. The third-order valence-electron chi connectivity index (χ3n) is 5.10. The summed E-state index contributed by atoms with van der Waals surface area (Å²) in [5.41, 5.74) is 3.88. The van der Waals surface area contributed by atoms with Crippen molar-refractivity contribution in [2.45, 2.75) is 26.3 Å². The van der Waals surface area contributed by atoms with E-state index in [1.807, 2.05) is 78.6 Å². The van der Waals surface area contributed by atoms with Crippen LogP contribution in [0.25, 0.3) is 0 Å². The first kappa shape index (κ1) is 21.3. The molecule has 2 amide bonds. The van der Waals surface area contributed by atoms with Gasteiger partial charge in [0.15, 0.2) is 0 Å². The first-order valence-corrected chi connectivity index (χ1v) is 10.3. The van der Waals surface area contributed by atoms with E-state index in [1.165, 1.54) is 5.56 Å². The van der Waals surface area contributed by atoms with Crippen LogP contribution in [0.5, 0.6) is 0 Å². The van der Waals surface area contributed by atoms with E-state index in [1.54, 1.807) is 6.07 Å². The van der Waals surface area contributed by atoms with Gasteiger partial charge in [-0.1, -0.05) is 78.9 Å². The van der Waals surface area contributed by atoms with E-state index in [2.05, 4.69) is 17.4 Å². The molecule has 0 aliphatic heterocycles. The number of nitrogens with zero attached hydrogens (tertiary/aromatic N) is 1. The van der Waals surface area contributed by atoms with Gasteiger partial charge >= 0.3 is 0 Å². The molecule has 0 unspecified atom stereocenters. The van der Waals surface area contributed by atoms with Crippen LogP contribution in [0.15, 0.2) is 84.9 Å². The van der Waals surface area contributed by atoms with Gasteiger partial charge in [-0.05, 0) is 36.1 Å². The van der Waals surface area contributed by atoms with Crippen molar-refractivity contribution in [1.29, 1.82) is 0 Å². The number of aryl methyl sites for hydroxylation is 1. The molecule has 3 aromatic carbocycles. The fraction of sp³-hybridized carbons (Fsp3) is 0.231. The van der Waals surface area contributed by atoms with Gasteiger partial charge in [-0.3, -0.25) is 9.59 Å². The molecule has 0 saturated carbocycles. The fourth-order valence-corrected chi connectivity index (χ4v) is 3.37. The number of carbonyl (C=O) groups excluding carboxylic acids is 2. The third kappa shape index (κ3) is 6.31. The summed E-state index contributed by atoms with van der Waals surface area (Å²) >= 11 is 0. The van der Waals surface area contributed by atoms with Gasteiger partial charge in [0.1, 0.15) is 0 Å². The van der Waals surface area contributed by atoms with E-state index in [0.717, 1.165) is 17.5 Å². The molecule has 0 aliphatic carbocycles. The molecule has 0 saturated heterocycles. The van der Waals surface area contributed by atoms with Crippen molar-refractivity contribution in [3.63, 3.8) is 0 Å². The molecule has 0 aliphatic rings. The van der Waals surface area contributed by atoms with Crippen molar-refractivity contribution in [1.82, 2.24) is 10.2 Å². The predicted octanol–water partition coefficient (Wildman–Crippen LogP) is 4.39. The molecule has 0 heterocycles. The Morgan fingerprint density at radius 2 is 1.40 bits per heavy atom. The van der Waals surface area contributed by atoms with Crippen molar-refractivity contribution in [2.24, 2.45) is 0 Å². The topological polar surface area (TPSA) is 49.4 Å². The van der Waals surface area contributed by atoms with Crippen LogP contribution < -0.4 is 5.32 Å². The molecule has 3 rings (SSSR count). The number of benzene rings is 3. The van der Waals surface area contributed by atoms with Crippen molar-refractivity contribution < 1.29 is 9.59 Å². The van der Waals surface area contributed by atoms with Crippen LogP contribution in [0.3, 0.4) is 0 Å². The van der Waals surface area contributed by atoms with Gasteiger partial charge in [-0.25, -0.2) is 0 Å². The highest BCUT2D eigenvalue weighted by atomic mass is 16.2. The molecule has 0 fully saturated rings. The number of carbonyl (C=O) groups is 2. The Balaban J connectivity index is 1.58. The van der Waals surface area contributed by atoms with Gasteiger partial charge in [0.05, 0.1) is 0 Å². The van der Waals surface area contributed by atoms with E-state index in [-0.39, 0.29) is 18.2 Å². The highest BCUT2D eigenvalue weighted by Crippen LogP contribution is 2.10. The van der Waals surface area contributed by atoms with Crippen molar-refractivity contribution in [2.75, 3.05) is 13.1 Å². The zero-order chi connectivity index (χ0) is 21.2. The van der Waals surface area contributed by atoms with E-state index in [9.17, 15) is 9.59 Å². The van der Waals surface area contributed by atoms with Crippen LogP contribution in [0.2, 0.25) is 0 Å². The fourth-order valence-electron chi connectivity index (χ4n) is 3.37. The smallest absolute Gasteiger partial charge is 0.251 e. The standard InChI is InChI=1S/C26H28N2O2/c1-21-10-8-9-15-24(21)26(30)27-18-16-25(29)28(20-23-13-6-3-7-14-23)19-17-22-11-4-2-5-12-22/h2-15H,16-20H2,1H3,(H,27,30). The van der Waals surface area contributed by atoms with Gasteiger partial charge in [0.25, 0.3) is 5.91 Å². The number of rotatable bonds is 9. The average molecular weight is 401 g/mol. The van der Waals surface area contributed by atoms with E-state index in [0.29, 0.717) is 25.2 Å². The second kappa shape index (κ2) is 11.0. The predicted molar refractivity (Wildman–Crippen MR) is 120 cm³/mol. The second-order valence-corrected chi connectivity index (χ2v) is 7.36. The van der Waals surface area contributed by atoms with Gasteiger partial charge in [-0.15, -0.1) is 0 Å². The third-order valence-corrected chi connectivity index (χ3v) is 5.10. The van der Waals surface area contributed by atoms with Crippen LogP contribution in [-0.4, -0.2) is 29.8 Å². The molecule has 0 aromatic heterocycles. The summed E-state index contributed by atoms with van der Waals surface area (Å²) in [4.78, 5) is 27.2. The molecule has 0 spiro atoms. The number of hydrogen-bond acceptors (Lipinski definition) is 2. The molecule has 4 nitrogen and oxygen atoms in total. The molecule has 0 atom stereocenters. The first-order chi connectivity index (χ1) is 14.6. The summed E-state index contributed by atoms with van der Waals surface area (Å²) in [6.45, 7) is 3.44. The summed E-state index contributed by atoms with van der Waals surface area (Å²) in [6, 6.07) is 27.6. The molecular formula is C26H28N2O2. The van der Waals surface area contributed by atoms with Crippen molar-refractivity contribution >= 4 is 11.8 Å². The maximum absolute atomic E-state index is 12.9. The number of nitrogens with one attached hydrogen (secondary N) is 1. The Hall–Kier alpha value is -3.40. The normalized spacial score (nSPS) is 10.4. The van der Waals surface area contributed by atoms with Crippen LogP contribution >= 0.6 is 0 Å². The number of hydrogen-bond donors (Lipinski definition) is 1. The Morgan fingerprint density at radius 1 is 0.800 bits per heavy atom. The first-order valence-electron chi connectivity index (χ1n) is 10.3. The van der Waals surface area contributed by atoms with Gasteiger partial charge in [-0.2, -0.15) is 0 Å². The zero-order valence-corrected chi connectivity index (χ0v) is 17.4. The lowest BCUT2D eigenvalue weighted by Crippen LogP contribution is -2.35. The van der Waals surface area contributed by atoms with Crippen molar-refractivity contribution in [3.8, 4) is 0 Å². The Kier molecular flexibility index (Phi) is 7.78. The second-order valence-electron chi connectivity index (χ2n) is 7.36. The Labute approximate surface area is 178 Å². The maximum Gasteiger partial charge on any atom is 0.251 e. The minimum absolute atomic E-state index is 0.0415. The van der Waals surface area contributed by atoms with E-state index in [4.69, 9.17) is 0 Å². The van der Waals surface area contributed by atoms with Crippen molar-refractivity contribution in [3.05, 3.63) is 107 Å². The Bertz CT molecular complexity index is 955. The molecular weight excluding hydrogens is 372 g/mol. The lowest BCUT2D eigenvalue weighted by Gasteiger charge is -2.23. The molecule has 4 heteroatoms. The lowest BCUT2D eigenvalue weighted by atomic mass is 10.1. The van der Waals surface area contributed by atoms with Gasteiger partial charge in [0.2, 0.25) is 5.91 Å². The zero-order valence-electron chi connectivity index (χ0n) is 17.4. The van der Waals surface area contributed by atoms with Crippen LogP contribution in [-0.2, 0) is 17.8 Å². The highest BCUT2D eigenvalue weighted by molar-refractivity contribution is 5.95. The molecule has 1 N–H and O–H groups in total. The minimum atomic E-state index is -0.139.